The molecular formula is C13H15FN2O. The smallest absolute Gasteiger partial charge is 0.232 e. The maximum Gasteiger partial charge on any atom is 0.232 e. The van der Waals surface area contributed by atoms with Crippen LogP contribution in [0.1, 0.15) is 12.0 Å². The number of nitrogens with one attached hydrogen (secondary N) is 2. The number of benzene rings is 1. The van der Waals surface area contributed by atoms with Crippen LogP contribution in [0.15, 0.2) is 18.2 Å². The molecule has 3 rings (SSSR count). The van der Waals surface area contributed by atoms with Crippen molar-refractivity contribution in [3.8, 4) is 0 Å². The van der Waals surface area contributed by atoms with E-state index in [9.17, 15) is 9.18 Å². The van der Waals surface area contributed by atoms with E-state index in [4.69, 9.17) is 0 Å². The number of rotatable bonds is 2. The van der Waals surface area contributed by atoms with Gasteiger partial charge in [0, 0.05) is 12.2 Å². The average molecular weight is 234 g/mol. The van der Waals surface area contributed by atoms with Crippen LogP contribution in [-0.2, 0) is 4.79 Å². The summed E-state index contributed by atoms with van der Waals surface area (Å²) in [5.41, 5.74) is 1.04. The van der Waals surface area contributed by atoms with E-state index >= 15 is 0 Å². The highest BCUT2D eigenvalue weighted by Crippen LogP contribution is 2.55. The minimum atomic E-state index is -0.243. The molecular weight excluding hydrogens is 219 g/mol. The molecule has 3 nitrogen and oxygen atoms in total. The van der Waals surface area contributed by atoms with Crippen LogP contribution in [0.25, 0.3) is 0 Å². The van der Waals surface area contributed by atoms with Gasteiger partial charge in [-0.25, -0.2) is 4.39 Å². The molecule has 4 heteroatoms. The molecule has 1 aliphatic carbocycles. The Morgan fingerprint density at radius 1 is 1.59 bits per heavy atom. The number of halogens is 1. The number of fused-ring (bicyclic) bond motifs is 1. The van der Waals surface area contributed by atoms with E-state index in [1.807, 2.05) is 0 Å². The molecule has 0 bridgehead atoms. The van der Waals surface area contributed by atoms with Gasteiger partial charge in [-0.2, -0.15) is 0 Å². The standard InChI is InChI=1S/C13H15FN2O/c1-8-4-10(2-3-11(8)14)16-12(17)13-5-9(13)6-15-7-13/h2-4,9,15H,5-7H2,1H3,(H,16,17)/t9-,13-/m1/s1. The zero-order valence-corrected chi connectivity index (χ0v) is 9.72. The number of aryl methyl sites for hydroxylation is 1. The zero-order valence-electron chi connectivity index (χ0n) is 9.72. The lowest BCUT2D eigenvalue weighted by Gasteiger charge is -2.12. The summed E-state index contributed by atoms with van der Waals surface area (Å²) in [6, 6.07) is 4.67. The van der Waals surface area contributed by atoms with Gasteiger partial charge in [0.1, 0.15) is 5.82 Å². The molecule has 0 spiro atoms. The Labute approximate surface area is 99.4 Å². The van der Waals surface area contributed by atoms with Crippen LogP contribution in [0, 0.1) is 24.1 Å². The molecule has 0 aromatic heterocycles. The minimum Gasteiger partial charge on any atom is -0.326 e. The maximum atomic E-state index is 13.1. The topological polar surface area (TPSA) is 41.1 Å². The van der Waals surface area contributed by atoms with Crippen LogP contribution < -0.4 is 10.6 Å². The molecule has 2 fully saturated rings. The molecule has 1 aromatic carbocycles. The number of carbonyl (C=O) groups excluding carboxylic acids is 1. The summed E-state index contributed by atoms with van der Waals surface area (Å²) in [6.07, 6.45) is 0.978. The summed E-state index contributed by atoms with van der Waals surface area (Å²) in [7, 11) is 0. The van der Waals surface area contributed by atoms with Gasteiger partial charge in [0.2, 0.25) is 5.91 Å². The van der Waals surface area contributed by atoms with Crippen molar-refractivity contribution in [3.63, 3.8) is 0 Å². The molecule has 17 heavy (non-hydrogen) atoms. The fourth-order valence-electron chi connectivity index (χ4n) is 2.67. The van der Waals surface area contributed by atoms with Gasteiger partial charge in [0.05, 0.1) is 5.41 Å². The number of amides is 1. The Hall–Kier alpha value is -1.42. The van der Waals surface area contributed by atoms with Gasteiger partial charge in [-0.15, -0.1) is 0 Å². The molecule has 2 atom stereocenters. The lowest BCUT2D eigenvalue weighted by molar-refractivity contribution is -0.120. The molecule has 2 aliphatic rings. The summed E-state index contributed by atoms with van der Waals surface area (Å²) in [6.45, 7) is 3.40. The quantitative estimate of drug-likeness (QED) is 0.817. The minimum absolute atomic E-state index is 0.0681. The third kappa shape index (κ3) is 1.63. The Bertz CT molecular complexity index is 488. The lowest BCUT2D eigenvalue weighted by atomic mass is 10.1. The SMILES string of the molecule is Cc1cc(NC(=O)[C@]23CNC[C@H]2C3)ccc1F. The molecule has 0 unspecified atom stereocenters. The molecule has 90 valence electrons. The number of anilines is 1. The fourth-order valence-corrected chi connectivity index (χ4v) is 2.67. The van der Waals surface area contributed by atoms with E-state index in [0.29, 0.717) is 17.2 Å². The van der Waals surface area contributed by atoms with Crippen molar-refractivity contribution in [3.05, 3.63) is 29.6 Å². The number of carbonyl (C=O) groups is 1. The van der Waals surface area contributed by atoms with E-state index in [1.165, 1.54) is 6.07 Å². The van der Waals surface area contributed by atoms with Gasteiger partial charge in [-0.3, -0.25) is 4.79 Å². The predicted octanol–water partition coefficient (Wildman–Crippen LogP) is 1.68. The largest absolute Gasteiger partial charge is 0.326 e. The van der Waals surface area contributed by atoms with Crippen LogP contribution in [-0.4, -0.2) is 19.0 Å². The molecule has 1 aliphatic heterocycles. The molecule has 1 saturated heterocycles. The van der Waals surface area contributed by atoms with E-state index in [-0.39, 0.29) is 17.1 Å². The van der Waals surface area contributed by atoms with E-state index < -0.39 is 0 Å². The van der Waals surface area contributed by atoms with E-state index in [1.54, 1.807) is 19.1 Å². The number of hydrogen-bond donors (Lipinski definition) is 2. The first kappa shape index (κ1) is 10.7. The molecule has 1 amide bonds. The average Bonchev–Trinajstić information content (AvgIpc) is 2.87. The first-order valence-corrected chi connectivity index (χ1v) is 5.90. The van der Waals surface area contributed by atoms with E-state index in [2.05, 4.69) is 10.6 Å². The first-order valence-electron chi connectivity index (χ1n) is 5.90. The normalized spacial score (nSPS) is 29.9. The second-order valence-electron chi connectivity index (χ2n) is 5.11. The van der Waals surface area contributed by atoms with Gasteiger partial charge in [-0.1, -0.05) is 0 Å². The van der Waals surface area contributed by atoms with Gasteiger partial charge in [0.15, 0.2) is 0 Å². The van der Waals surface area contributed by atoms with Crippen LogP contribution >= 0.6 is 0 Å². The van der Waals surface area contributed by atoms with E-state index in [0.717, 1.165) is 19.5 Å². The van der Waals surface area contributed by atoms with Crippen LogP contribution in [0.3, 0.4) is 0 Å². The lowest BCUT2D eigenvalue weighted by Crippen LogP contribution is -2.29. The van der Waals surface area contributed by atoms with Gasteiger partial charge < -0.3 is 10.6 Å². The molecule has 0 radical (unpaired) electrons. The molecule has 2 N–H and O–H groups in total. The summed E-state index contributed by atoms with van der Waals surface area (Å²) >= 11 is 0. The van der Waals surface area contributed by atoms with Gasteiger partial charge in [0.25, 0.3) is 0 Å². The Morgan fingerprint density at radius 2 is 2.41 bits per heavy atom. The van der Waals surface area contributed by atoms with Crippen LogP contribution in [0.4, 0.5) is 10.1 Å². The summed E-state index contributed by atoms with van der Waals surface area (Å²) in [4.78, 5) is 12.1. The van der Waals surface area contributed by atoms with Crippen molar-refractivity contribution in [2.45, 2.75) is 13.3 Å². The molecule has 1 saturated carbocycles. The molecule has 1 aromatic rings. The Morgan fingerprint density at radius 3 is 3.00 bits per heavy atom. The van der Waals surface area contributed by atoms with Crippen molar-refractivity contribution < 1.29 is 9.18 Å². The third-order valence-corrected chi connectivity index (χ3v) is 3.93. The summed E-state index contributed by atoms with van der Waals surface area (Å²) < 4.78 is 13.1. The summed E-state index contributed by atoms with van der Waals surface area (Å²) in [5.74, 6) is 0.315. The highest BCUT2D eigenvalue weighted by Gasteiger charge is 2.62. The van der Waals surface area contributed by atoms with Crippen molar-refractivity contribution in [2.24, 2.45) is 11.3 Å². The monoisotopic (exact) mass is 234 g/mol. The molecule has 1 heterocycles. The van der Waals surface area contributed by atoms with Gasteiger partial charge >= 0.3 is 0 Å². The highest BCUT2D eigenvalue weighted by atomic mass is 19.1. The Kier molecular flexibility index (Phi) is 2.23. The fraction of sp³-hybridized carbons (Fsp3) is 0.462. The van der Waals surface area contributed by atoms with Crippen molar-refractivity contribution in [1.82, 2.24) is 5.32 Å². The van der Waals surface area contributed by atoms with Crippen LogP contribution in [0.5, 0.6) is 0 Å². The van der Waals surface area contributed by atoms with Crippen molar-refractivity contribution in [2.75, 3.05) is 18.4 Å². The number of hydrogen-bond acceptors (Lipinski definition) is 2. The zero-order chi connectivity index (χ0) is 12.0. The summed E-state index contributed by atoms with van der Waals surface area (Å²) in [5, 5.41) is 6.12. The van der Waals surface area contributed by atoms with Crippen molar-refractivity contribution >= 4 is 11.6 Å². The second kappa shape index (κ2) is 3.53. The van der Waals surface area contributed by atoms with Gasteiger partial charge in [-0.05, 0) is 49.6 Å². The Balaban J connectivity index is 1.75. The third-order valence-electron chi connectivity index (χ3n) is 3.93. The predicted molar refractivity (Wildman–Crippen MR) is 63.2 cm³/mol. The van der Waals surface area contributed by atoms with Crippen molar-refractivity contribution in [1.29, 1.82) is 0 Å². The number of piperidine rings is 1. The first-order chi connectivity index (χ1) is 8.12. The second-order valence-corrected chi connectivity index (χ2v) is 5.11. The highest BCUT2D eigenvalue weighted by molar-refractivity contribution is 5.98. The maximum absolute atomic E-state index is 13.1. The van der Waals surface area contributed by atoms with Crippen LogP contribution in [0.2, 0.25) is 0 Å².